The molecule has 4 nitrogen and oxygen atoms in total. The van der Waals surface area contributed by atoms with Crippen LogP contribution in [0.4, 0.5) is 4.79 Å². The molecule has 1 fully saturated rings. The van der Waals surface area contributed by atoms with Gasteiger partial charge < -0.3 is 15.2 Å². The van der Waals surface area contributed by atoms with E-state index in [4.69, 9.17) is 9.84 Å². The molecule has 0 saturated carbocycles. The minimum atomic E-state index is -0.990. The van der Waals surface area contributed by atoms with E-state index in [1.165, 1.54) is 3.57 Å². The highest BCUT2D eigenvalue weighted by Crippen LogP contribution is 2.29. The molecule has 2 atom stereocenters. The van der Waals surface area contributed by atoms with Crippen LogP contribution in [0.5, 0.6) is 0 Å². The molecule has 0 aromatic heterocycles. The van der Waals surface area contributed by atoms with Gasteiger partial charge in [-0.25, -0.2) is 4.79 Å². The maximum absolute atomic E-state index is 10.5. The van der Waals surface area contributed by atoms with E-state index in [0.717, 1.165) is 12.2 Å². The lowest BCUT2D eigenvalue weighted by molar-refractivity contribution is 0.193. The van der Waals surface area contributed by atoms with Gasteiger partial charge in [-0.1, -0.05) is 12.1 Å². The molecular formula is C11H12INO3. The van der Waals surface area contributed by atoms with Crippen LogP contribution in [0, 0.1) is 3.57 Å². The molecule has 86 valence electrons. The molecule has 1 heterocycles. The second kappa shape index (κ2) is 5.01. The number of hydrogen-bond donors (Lipinski definition) is 2. The van der Waals surface area contributed by atoms with Crippen LogP contribution in [-0.2, 0) is 4.74 Å². The van der Waals surface area contributed by atoms with Gasteiger partial charge in [0.05, 0.1) is 12.7 Å². The van der Waals surface area contributed by atoms with Crippen LogP contribution in [0.3, 0.4) is 0 Å². The Hall–Kier alpha value is -0.820. The first-order valence-electron chi connectivity index (χ1n) is 5.00. The van der Waals surface area contributed by atoms with Crippen LogP contribution < -0.4 is 5.32 Å². The van der Waals surface area contributed by atoms with Crippen molar-refractivity contribution in [1.82, 2.24) is 5.32 Å². The number of hydrogen-bond acceptors (Lipinski definition) is 2. The minimum absolute atomic E-state index is 0.119. The van der Waals surface area contributed by atoms with Crippen molar-refractivity contribution in [3.8, 4) is 0 Å². The van der Waals surface area contributed by atoms with Crippen LogP contribution >= 0.6 is 22.6 Å². The van der Waals surface area contributed by atoms with Crippen LogP contribution in [0.25, 0.3) is 0 Å². The summed E-state index contributed by atoms with van der Waals surface area (Å²) < 4.78 is 6.42. The van der Waals surface area contributed by atoms with Crippen LogP contribution in [0.1, 0.15) is 11.5 Å². The van der Waals surface area contributed by atoms with Gasteiger partial charge in [0.1, 0.15) is 0 Å². The molecule has 1 aromatic rings. The van der Waals surface area contributed by atoms with E-state index in [9.17, 15) is 4.79 Å². The lowest BCUT2D eigenvalue weighted by atomic mass is 9.96. The Morgan fingerprint density at radius 3 is 2.69 bits per heavy atom. The average molecular weight is 333 g/mol. The molecule has 5 heteroatoms. The number of halogens is 1. The molecule has 1 saturated heterocycles. The summed E-state index contributed by atoms with van der Waals surface area (Å²) in [5.41, 5.74) is 1.12. The summed E-state index contributed by atoms with van der Waals surface area (Å²) in [6.45, 7) is 1.12. The second-order valence-electron chi connectivity index (χ2n) is 3.72. The normalized spacial score (nSPS) is 20.2. The van der Waals surface area contributed by atoms with Gasteiger partial charge in [0.15, 0.2) is 0 Å². The smallest absolute Gasteiger partial charge is 0.404 e. The van der Waals surface area contributed by atoms with Crippen molar-refractivity contribution >= 4 is 28.7 Å². The fourth-order valence-corrected chi connectivity index (χ4v) is 2.02. The SMILES string of the molecule is O=C(O)NC[C@H](c1ccc(I)cc1)[C@@H]1CO1. The molecule has 0 radical (unpaired) electrons. The molecule has 1 aliphatic rings. The summed E-state index contributed by atoms with van der Waals surface area (Å²) in [7, 11) is 0. The van der Waals surface area contributed by atoms with Gasteiger partial charge in [-0.05, 0) is 40.3 Å². The number of ether oxygens (including phenoxy) is 1. The van der Waals surface area contributed by atoms with E-state index in [1.807, 2.05) is 24.3 Å². The quantitative estimate of drug-likeness (QED) is 0.655. The Morgan fingerprint density at radius 2 is 2.19 bits per heavy atom. The maximum Gasteiger partial charge on any atom is 0.404 e. The number of epoxide rings is 1. The van der Waals surface area contributed by atoms with E-state index in [0.29, 0.717) is 6.54 Å². The first-order valence-corrected chi connectivity index (χ1v) is 6.08. The predicted molar refractivity (Wildman–Crippen MR) is 67.7 cm³/mol. The lowest BCUT2D eigenvalue weighted by Crippen LogP contribution is -2.29. The van der Waals surface area contributed by atoms with Gasteiger partial charge in [0.2, 0.25) is 0 Å². The lowest BCUT2D eigenvalue weighted by Gasteiger charge is -2.14. The monoisotopic (exact) mass is 333 g/mol. The zero-order valence-corrected chi connectivity index (χ0v) is 10.7. The second-order valence-corrected chi connectivity index (χ2v) is 4.96. The van der Waals surface area contributed by atoms with Gasteiger partial charge in [-0.2, -0.15) is 0 Å². The zero-order chi connectivity index (χ0) is 11.5. The van der Waals surface area contributed by atoms with E-state index in [-0.39, 0.29) is 12.0 Å². The van der Waals surface area contributed by atoms with Crippen molar-refractivity contribution in [2.24, 2.45) is 0 Å². The Balaban J connectivity index is 2.06. The van der Waals surface area contributed by atoms with Crippen molar-refractivity contribution in [2.45, 2.75) is 12.0 Å². The Labute approximate surface area is 107 Å². The van der Waals surface area contributed by atoms with Crippen LogP contribution in [0.2, 0.25) is 0 Å². The summed E-state index contributed by atoms with van der Waals surface area (Å²) in [6, 6.07) is 8.09. The Bertz CT molecular complexity index is 375. The van der Waals surface area contributed by atoms with E-state index < -0.39 is 6.09 Å². The molecule has 2 rings (SSSR count). The van der Waals surface area contributed by atoms with Crippen molar-refractivity contribution in [2.75, 3.05) is 13.2 Å². The molecule has 1 aromatic carbocycles. The topological polar surface area (TPSA) is 61.9 Å². The third-order valence-electron chi connectivity index (χ3n) is 2.58. The van der Waals surface area contributed by atoms with Crippen LogP contribution in [-0.4, -0.2) is 30.5 Å². The van der Waals surface area contributed by atoms with Crippen molar-refractivity contribution in [3.63, 3.8) is 0 Å². The fraction of sp³-hybridized carbons (Fsp3) is 0.364. The maximum atomic E-state index is 10.5. The number of benzene rings is 1. The standard InChI is InChI=1S/C11H12INO3/c12-8-3-1-7(2-4-8)9(10-6-16-10)5-13-11(14)15/h1-4,9-10,13H,5-6H2,(H,14,15)/t9-,10+/m1/s1. The highest BCUT2D eigenvalue weighted by atomic mass is 127. The molecule has 1 aliphatic heterocycles. The first-order chi connectivity index (χ1) is 7.66. The number of carboxylic acid groups (broad SMARTS) is 1. The van der Waals surface area contributed by atoms with Gasteiger partial charge in [0, 0.05) is 16.0 Å². The summed E-state index contributed by atoms with van der Waals surface area (Å²) >= 11 is 2.24. The van der Waals surface area contributed by atoms with Gasteiger partial charge >= 0.3 is 6.09 Å². The fourth-order valence-electron chi connectivity index (χ4n) is 1.66. The molecule has 1 amide bonds. The summed E-state index contributed by atoms with van der Waals surface area (Å²) in [5.74, 6) is 0.119. The Morgan fingerprint density at radius 1 is 1.56 bits per heavy atom. The molecule has 0 spiro atoms. The predicted octanol–water partition coefficient (Wildman–Crippen LogP) is 2.04. The zero-order valence-electron chi connectivity index (χ0n) is 8.52. The third kappa shape index (κ3) is 3.08. The largest absolute Gasteiger partial charge is 0.465 e. The average Bonchev–Trinajstić information content (AvgIpc) is 3.04. The van der Waals surface area contributed by atoms with Crippen molar-refractivity contribution < 1.29 is 14.6 Å². The Kier molecular flexibility index (Phi) is 3.65. The number of rotatable bonds is 4. The van der Waals surface area contributed by atoms with E-state index in [2.05, 4.69) is 27.9 Å². The minimum Gasteiger partial charge on any atom is -0.465 e. The molecule has 2 N–H and O–H groups in total. The first kappa shape index (κ1) is 11.7. The van der Waals surface area contributed by atoms with E-state index in [1.54, 1.807) is 0 Å². The highest BCUT2D eigenvalue weighted by molar-refractivity contribution is 14.1. The number of nitrogens with one attached hydrogen (secondary N) is 1. The number of amides is 1. The summed E-state index contributed by atoms with van der Waals surface area (Å²) in [4.78, 5) is 10.5. The molecule has 0 unspecified atom stereocenters. The van der Waals surface area contributed by atoms with Crippen molar-refractivity contribution in [3.05, 3.63) is 33.4 Å². The van der Waals surface area contributed by atoms with Gasteiger partial charge in [0.25, 0.3) is 0 Å². The number of carbonyl (C=O) groups is 1. The highest BCUT2D eigenvalue weighted by Gasteiger charge is 2.33. The molecule has 0 aliphatic carbocycles. The van der Waals surface area contributed by atoms with Gasteiger partial charge in [-0.15, -0.1) is 0 Å². The van der Waals surface area contributed by atoms with E-state index >= 15 is 0 Å². The summed E-state index contributed by atoms with van der Waals surface area (Å²) in [5, 5.41) is 11.0. The van der Waals surface area contributed by atoms with Crippen molar-refractivity contribution in [1.29, 1.82) is 0 Å². The molecular weight excluding hydrogens is 321 g/mol. The molecule has 0 bridgehead atoms. The van der Waals surface area contributed by atoms with Gasteiger partial charge in [-0.3, -0.25) is 0 Å². The molecule has 16 heavy (non-hydrogen) atoms. The van der Waals surface area contributed by atoms with Crippen LogP contribution in [0.15, 0.2) is 24.3 Å². The third-order valence-corrected chi connectivity index (χ3v) is 3.30. The summed E-state index contributed by atoms with van der Waals surface area (Å²) in [6.07, 6.45) is -0.830.